The molecule has 0 spiro atoms. The average Bonchev–Trinajstić information content (AvgIpc) is 2.52. The zero-order valence-electron chi connectivity index (χ0n) is 15.2. The molecule has 3 unspecified atom stereocenters. The monoisotopic (exact) mass is 324 g/mol. The van der Waals surface area contributed by atoms with Gasteiger partial charge in [-0.15, -0.1) is 0 Å². The minimum absolute atomic E-state index is 0.0840. The summed E-state index contributed by atoms with van der Waals surface area (Å²) in [6.45, 7) is 6.82. The fourth-order valence-corrected chi connectivity index (χ4v) is 7.68. The molecule has 4 aliphatic carbocycles. The van der Waals surface area contributed by atoms with Crippen molar-refractivity contribution in [2.75, 3.05) is 0 Å². The van der Waals surface area contributed by atoms with Crippen molar-refractivity contribution in [1.82, 2.24) is 0 Å². The summed E-state index contributed by atoms with van der Waals surface area (Å²) in [5.41, 5.74) is 0.251. The highest BCUT2D eigenvalue weighted by Crippen LogP contribution is 2.66. The van der Waals surface area contributed by atoms with Gasteiger partial charge in [0.15, 0.2) is 0 Å². The predicted octanol–water partition coefficient (Wildman–Crippen LogP) is 6.34. The minimum atomic E-state index is -0.616. The van der Waals surface area contributed by atoms with Crippen LogP contribution < -0.4 is 0 Å². The van der Waals surface area contributed by atoms with E-state index >= 15 is 4.39 Å². The molecule has 4 fully saturated rings. The molecule has 0 amide bonds. The molecule has 4 rings (SSSR count). The van der Waals surface area contributed by atoms with Crippen molar-refractivity contribution in [2.24, 2.45) is 40.4 Å². The Kier molecular flexibility index (Phi) is 3.86. The van der Waals surface area contributed by atoms with E-state index in [4.69, 9.17) is 0 Å². The smallest absolute Gasteiger partial charge is 0.108 e. The lowest BCUT2D eigenvalue weighted by Crippen LogP contribution is -2.57. The Morgan fingerprint density at radius 3 is 2.26 bits per heavy atom. The molecular weight excluding hydrogens is 290 g/mol. The summed E-state index contributed by atoms with van der Waals surface area (Å²) in [7, 11) is 0. The van der Waals surface area contributed by atoms with Crippen molar-refractivity contribution >= 4 is 0 Å². The molecule has 0 aromatic carbocycles. The summed E-state index contributed by atoms with van der Waals surface area (Å²) in [5.74, 6) is 2.83. The van der Waals surface area contributed by atoms with Gasteiger partial charge in [-0.3, -0.25) is 0 Å². The molecule has 0 aromatic rings. The lowest BCUT2D eigenvalue weighted by atomic mass is 9.42. The molecule has 0 nitrogen and oxygen atoms in total. The first-order valence-corrected chi connectivity index (χ1v) is 10.1. The van der Waals surface area contributed by atoms with Gasteiger partial charge in [-0.1, -0.05) is 20.8 Å². The van der Waals surface area contributed by atoms with E-state index in [9.17, 15) is 4.39 Å². The van der Waals surface area contributed by atoms with Crippen LogP contribution in [0.5, 0.6) is 0 Å². The first-order chi connectivity index (χ1) is 10.9. The summed E-state index contributed by atoms with van der Waals surface area (Å²) in [6, 6.07) is 0. The molecule has 0 aromatic heterocycles. The van der Waals surface area contributed by atoms with Crippen LogP contribution in [0, 0.1) is 40.4 Å². The van der Waals surface area contributed by atoms with Gasteiger partial charge in [0.2, 0.25) is 0 Å². The van der Waals surface area contributed by atoms with Gasteiger partial charge in [-0.2, -0.15) is 0 Å². The van der Waals surface area contributed by atoms with Gasteiger partial charge < -0.3 is 0 Å². The molecule has 23 heavy (non-hydrogen) atoms. The van der Waals surface area contributed by atoms with Crippen LogP contribution in [0.25, 0.3) is 0 Å². The largest absolute Gasteiger partial charge is 0.247 e. The number of halogens is 2. The fraction of sp³-hybridized carbons (Fsp3) is 1.00. The summed E-state index contributed by atoms with van der Waals surface area (Å²) < 4.78 is 29.0. The van der Waals surface area contributed by atoms with E-state index in [2.05, 4.69) is 20.8 Å². The Labute approximate surface area is 140 Å². The highest BCUT2D eigenvalue weighted by atomic mass is 19.1. The Morgan fingerprint density at radius 1 is 0.783 bits per heavy atom. The van der Waals surface area contributed by atoms with E-state index in [1.807, 2.05) is 0 Å². The molecule has 0 aliphatic heterocycles. The van der Waals surface area contributed by atoms with Crippen LogP contribution in [0.3, 0.4) is 0 Å². The molecular formula is C21H34F2. The quantitative estimate of drug-likeness (QED) is 0.487. The standard InChI is InChI=1S/C21H34F2/c1-13-4-7-17-16-6-5-14-12-15(22)8-10-20(14,2)18(16)9-11-21(17,3)19(13)23/h13-19H,4-12H2,1-3H3/t13-,14+,15+,16?,17?,18?,19+,20+,21+/m1/s1. The van der Waals surface area contributed by atoms with E-state index in [1.165, 1.54) is 25.7 Å². The van der Waals surface area contributed by atoms with Gasteiger partial charge in [-0.25, -0.2) is 8.78 Å². The molecule has 132 valence electrons. The zero-order valence-corrected chi connectivity index (χ0v) is 15.2. The zero-order chi connectivity index (χ0) is 16.4. The Bertz CT molecular complexity index is 463. The summed E-state index contributed by atoms with van der Waals surface area (Å²) in [4.78, 5) is 0. The molecule has 0 radical (unpaired) electrons. The summed E-state index contributed by atoms with van der Waals surface area (Å²) >= 11 is 0. The van der Waals surface area contributed by atoms with Gasteiger partial charge in [0.05, 0.1) is 0 Å². The van der Waals surface area contributed by atoms with Crippen LogP contribution in [0.15, 0.2) is 0 Å². The van der Waals surface area contributed by atoms with Crippen LogP contribution in [0.4, 0.5) is 8.78 Å². The van der Waals surface area contributed by atoms with Crippen molar-refractivity contribution in [3.05, 3.63) is 0 Å². The third kappa shape index (κ3) is 2.25. The molecule has 0 bridgehead atoms. The van der Waals surface area contributed by atoms with Crippen molar-refractivity contribution in [1.29, 1.82) is 0 Å². The van der Waals surface area contributed by atoms with Gasteiger partial charge in [0.25, 0.3) is 0 Å². The third-order valence-electron chi connectivity index (χ3n) is 9.10. The summed E-state index contributed by atoms with van der Waals surface area (Å²) in [6.07, 6.45) is 8.42. The number of rotatable bonds is 0. The maximum absolute atomic E-state index is 15.1. The first-order valence-electron chi connectivity index (χ1n) is 10.1. The lowest BCUT2D eigenvalue weighted by molar-refractivity contribution is -0.158. The summed E-state index contributed by atoms with van der Waals surface area (Å²) in [5, 5.41) is 0. The molecule has 4 aliphatic rings. The number of fused-ring (bicyclic) bond motifs is 5. The molecule has 9 atom stereocenters. The van der Waals surface area contributed by atoms with Gasteiger partial charge in [-0.05, 0) is 92.8 Å². The SMILES string of the molecule is C[C@@H]1CCC2C3CC[C@H]4C[C@@H](F)CC[C@]4(C)C3CC[C@]2(C)[C@H]1F. The van der Waals surface area contributed by atoms with Gasteiger partial charge in [0, 0.05) is 5.41 Å². The topological polar surface area (TPSA) is 0 Å². The van der Waals surface area contributed by atoms with E-state index in [0.717, 1.165) is 38.0 Å². The third-order valence-corrected chi connectivity index (χ3v) is 9.10. The number of hydrogen-bond acceptors (Lipinski definition) is 0. The predicted molar refractivity (Wildman–Crippen MR) is 90.7 cm³/mol. The Balaban J connectivity index is 1.62. The molecule has 0 heterocycles. The maximum Gasteiger partial charge on any atom is 0.108 e. The van der Waals surface area contributed by atoms with Crippen LogP contribution in [0.2, 0.25) is 0 Å². The van der Waals surface area contributed by atoms with Crippen molar-refractivity contribution in [3.8, 4) is 0 Å². The second-order valence-electron chi connectivity index (χ2n) is 10.0. The molecule has 0 saturated heterocycles. The highest BCUT2D eigenvalue weighted by molar-refractivity contribution is 5.09. The van der Waals surface area contributed by atoms with Crippen LogP contribution in [0.1, 0.15) is 78.6 Å². The van der Waals surface area contributed by atoms with Crippen molar-refractivity contribution in [2.45, 2.75) is 90.9 Å². The fourth-order valence-electron chi connectivity index (χ4n) is 7.68. The van der Waals surface area contributed by atoms with Gasteiger partial charge in [0.1, 0.15) is 12.3 Å². The van der Waals surface area contributed by atoms with E-state index < -0.39 is 12.3 Å². The van der Waals surface area contributed by atoms with Gasteiger partial charge >= 0.3 is 0 Å². The second-order valence-corrected chi connectivity index (χ2v) is 10.0. The van der Waals surface area contributed by atoms with Crippen LogP contribution >= 0.6 is 0 Å². The number of alkyl halides is 2. The lowest BCUT2D eigenvalue weighted by Gasteiger charge is -2.63. The van der Waals surface area contributed by atoms with E-state index in [1.54, 1.807) is 0 Å². The van der Waals surface area contributed by atoms with Crippen molar-refractivity contribution in [3.63, 3.8) is 0 Å². The Morgan fingerprint density at radius 2 is 1.48 bits per heavy atom. The number of hydrogen-bond donors (Lipinski definition) is 0. The normalized spacial score (nSPS) is 59.6. The van der Waals surface area contributed by atoms with Crippen LogP contribution in [-0.2, 0) is 0 Å². The molecule has 0 N–H and O–H groups in total. The average molecular weight is 324 g/mol. The minimum Gasteiger partial charge on any atom is -0.247 e. The maximum atomic E-state index is 15.1. The van der Waals surface area contributed by atoms with E-state index in [-0.39, 0.29) is 11.3 Å². The van der Waals surface area contributed by atoms with Crippen molar-refractivity contribution < 1.29 is 8.78 Å². The van der Waals surface area contributed by atoms with E-state index in [0.29, 0.717) is 23.2 Å². The molecule has 2 heteroatoms. The molecule has 4 saturated carbocycles. The second kappa shape index (κ2) is 5.43. The van der Waals surface area contributed by atoms with Crippen LogP contribution in [-0.4, -0.2) is 12.3 Å². The highest BCUT2D eigenvalue weighted by Gasteiger charge is 2.60. The first kappa shape index (κ1) is 16.3. The Hall–Kier alpha value is -0.140.